The summed E-state index contributed by atoms with van der Waals surface area (Å²) in [5, 5.41) is 14.7. The number of carboxylic acids is 1. The lowest BCUT2D eigenvalue weighted by molar-refractivity contribution is 0.0691. The molecule has 0 aliphatic carbocycles. The highest BCUT2D eigenvalue weighted by molar-refractivity contribution is 7.09. The van der Waals surface area contributed by atoms with Gasteiger partial charge in [0.25, 0.3) is 0 Å². The Labute approximate surface area is 104 Å². The summed E-state index contributed by atoms with van der Waals surface area (Å²) >= 11 is 1.44. The van der Waals surface area contributed by atoms with E-state index in [2.05, 4.69) is 22.1 Å². The molecule has 1 aliphatic heterocycles. The van der Waals surface area contributed by atoms with Gasteiger partial charge in [0, 0.05) is 44.0 Å². The van der Waals surface area contributed by atoms with Gasteiger partial charge in [-0.2, -0.15) is 0 Å². The number of thiazole rings is 1. The molecule has 17 heavy (non-hydrogen) atoms. The molecule has 0 spiro atoms. The monoisotopic (exact) mass is 255 g/mol. The van der Waals surface area contributed by atoms with E-state index in [1.54, 1.807) is 5.38 Å². The molecule has 2 rings (SSSR count). The third-order valence-corrected chi connectivity index (χ3v) is 3.98. The second-order valence-electron chi connectivity index (χ2n) is 4.33. The zero-order valence-electron chi connectivity index (χ0n) is 9.85. The first-order valence-corrected chi connectivity index (χ1v) is 6.66. The molecule has 0 radical (unpaired) electrons. The number of aromatic nitrogens is 1. The van der Waals surface area contributed by atoms with Crippen LogP contribution in [0.3, 0.4) is 0 Å². The summed E-state index contributed by atoms with van der Waals surface area (Å²) in [5.74, 6) is -0.645. The predicted octanol–water partition coefficient (Wildman–Crippen LogP) is 0.850. The summed E-state index contributed by atoms with van der Waals surface area (Å²) < 4.78 is 0. The average Bonchev–Trinajstić information content (AvgIpc) is 2.79. The average molecular weight is 255 g/mol. The minimum Gasteiger partial charge on any atom is -0.476 e. The smallest absolute Gasteiger partial charge is 0.355 e. The van der Waals surface area contributed by atoms with Crippen molar-refractivity contribution in [2.24, 2.45) is 0 Å². The van der Waals surface area contributed by atoms with Gasteiger partial charge in [0.2, 0.25) is 0 Å². The maximum Gasteiger partial charge on any atom is 0.355 e. The summed E-state index contributed by atoms with van der Waals surface area (Å²) in [7, 11) is 0. The van der Waals surface area contributed by atoms with Gasteiger partial charge < -0.3 is 15.3 Å². The summed E-state index contributed by atoms with van der Waals surface area (Å²) in [6.07, 6.45) is 0. The predicted molar refractivity (Wildman–Crippen MR) is 66.8 cm³/mol. The van der Waals surface area contributed by atoms with Gasteiger partial charge in [-0.1, -0.05) is 6.92 Å². The molecule has 0 bridgehead atoms. The van der Waals surface area contributed by atoms with Crippen molar-refractivity contribution in [2.45, 2.75) is 12.8 Å². The fourth-order valence-corrected chi connectivity index (χ4v) is 2.82. The lowest BCUT2D eigenvalue weighted by atomic mass is 10.1. The first-order chi connectivity index (χ1) is 8.16. The van der Waals surface area contributed by atoms with Crippen molar-refractivity contribution in [1.29, 1.82) is 0 Å². The molecule has 1 fully saturated rings. The molecule has 1 saturated heterocycles. The molecule has 1 aliphatic rings. The van der Waals surface area contributed by atoms with E-state index in [4.69, 9.17) is 5.11 Å². The van der Waals surface area contributed by atoms with Crippen LogP contribution in [0.5, 0.6) is 0 Å². The number of nitrogens with zero attached hydrogens (tertiary/aromatic N) is 2. The minimum atomic E-state index is -0.943. The highest BCUT2D eigenvalue weighted by Gasteiger charge is 2.18. The minimum absolute atomic E-state index is 0.164. The maximum atomic E-state index is 10.8. The zero-order valence-corrected chi connectivity index (χ0v) is 10.7. The van der Waals surface area contributed by atoms with Crippen molar-refractivity contribution < 1.29 is 9.90 Å². The third kappa shape index (κ3) is 3.24. The van der Waals surface area contributed by atoms with Crippen LogP contribution < -0.4 is 5.32 Å². The van der Waals surface area contributed by atoms with Crippen molar-refractivity contribution in [3.63, 3.8) is 0 Å². The van der Waals surface area contributed by atoms with Crippen LogP contribution in [-0.2, 0) is 0 Å². The fraction of sp³-hybridized carbons (Fsp3) is 0.636. The Morgan fingerprint density at radius 1 is 1.65 bits per heavy atom. The van der Waals surface area contributed by atoms with Crippen LogP contribution in [0.4, 0.5) is 0 Å². The van der Waals surface area contributed by atoms with Crippen LogP contribution in [0, 0.1) is 0 Å². The van der Waals surface area contributed by atoms with Crippen molar-refractivity contribution in [3.8, 4) is 0 Å². The normalized spacial score (nSPS) is 19.1. The Morgan fingerprint density at radius 2 is 2.35 bits per heavy atom. The highest BCUT2D eigenvalue weighted by atomic mass is 32.1. The van der Waals surface area contributed by atoms with Crippen molar-refractivity contribution >= 4 is 17.3 Å². The van der Waals surface area contributed by atoms with Gasteiger partial charge in [0.1, 0.15) is 0 Å². The first kappa shape index (κ1) is 12.5. The van der Waals surface area contributed by atoms with Crippen LogP contribution in [0.1, 0.15) is 28.3 Å². The Kier molecular flexibility index (Phi) is 4.09. The van der Waals surface area contributed by atoms with Gasteiger partial charge in [0.05, 0.1) is 5.01 Å². The summed E-state index contributed by atoms with van der Waals surface area (Å²) in [5.41, 5.74) is 0.164. The number of carbonyl (C=O) groups is 1. The van der Waals surface area contributed by atoms with E-state index >= 15 is 0 Å². The number of rotatable bonds is 4. The molecule has 1 aromatic rings. The quantitative estimate of drug-likeness (QED) is 0.835. The molecule has 1 unspecified atom stereocenters. The van der Waals surface area contributed by atoms with Gasteiger partial charge in [-0.3, -0.25) is 0 Å². The molecule has 2 N–H and O–H groups in total. The first-order valence-electron chi connectivity index (χ1n) is 5.78. The SMILES string of the molecule is CC(CN1CCNCC1)c1nc(C(=O)O)cs1. The Bertz CT molecular complexity index is 388. The number of hydrogen-bond acceptors (Lipinski definition) is 5. The molecule has 6 heteroatoms. The standard InChI is InChI=1S/C11H17N3O2S/c1-8(6-14-4-2-12-3-5-14)10-13-9(7-17-10)11(15)16/h7-8,12H,2-6H2,1H3,(H,15,16). The summed E-state index contributed by atoms with van der Waals surface area (Å²) in [6.45, 7) is 7.24. The van der Waals surface area contributed by atoms with E-state index in [0.717, 1.165) is 37.7 Å². The number of aromatic carboxylic acids is 1. The van der Waals surface area contributed by atoms with Gasteiger partial charge in [-0.15, -0.1) is 11.3 Å². The molecule has 5 nitrogen and oxygen atoms in total. The topological polar surface area (TPSA) is 65.5 Å². The molecular formula is C11H17N3O2S. The van der Waals surface area contributed by atoms with Crippen LogP contribution >= 0.6 is 11.3 Å². The van der Waals surface area contributed by atoms with Gasteiger partial charge in [0.15, 0.2) is 5.69 Å². The lowest BCUT2D eigenvalue weighted by Crippen LogP contribution is -2.44. The Morgan fingerprint density at radius 3 is 2.94 bits per heavy atom. The molecule has 2 heterocycles. The number of hydrogen-bond donors (Lipinski definition) is 2. The second kappa shape index (κ2) is 5.57. The highest BCUT2D eigenvalue weighted by Crippen LogP contribution is 2.21. The molecule has 0 amide bonds. The zero-order chi connectivity index (χ0) is 12.3. The number of carboxylic acid groups (broad SMARTS) is 1. The van der Waals surface area contributed by atoms with Gasteiger partial charge >= 0.3 is 5.97 Å². The van der Waals surface area contributed by atoms with E-state index in [0.29, 0.717) is 5.92 Å². The van der Waals surface area contributed by atoms with E-state index < -0.39 is 5.97 Å². The number of piperazine rings is 1. The van der Waals surface area contributed by atoms with E-state index in [1.807, 2.05) is 0 Å². The molecular weight excluding hydrogens is 238 g/mol. The van der Waals surface area contributed by atoms with Crippen LogP contribution in [0.15, 0.2) is 5.38 Å². The number of nitrogens with one attached hydrogen (secondary N) is 1. The lowest BCUT2D eigenvalue weighted by Gasteiger charge is -2.29. The fourth-order valence-electron chi connectivity index (χ4n) is 1.97. The van der Waals surface area contributed by atoms with Gasteiger partial charge in [-0.05, 0) is 0 Å². The molecule has 0 saturated carbocycles. The second-order valence-corrected chi connectivity index (χ2v) is 5.22. The summed E-state index contributed by atoms with van der Waals surface area (Å²) in [4.78, 5) is 17.3. The maximum absolute atomic E-state index is 10.8. The largest absolute Gasteiger partial charge is 0.476 e. The Balaban J connectivity index is 1.93. The van der Waals surface area contributed by atoms with Crippen LogP contribution in [-0.4, -0.2) is 53.7 Å². The molecule has 0 aromatic carbocycles. The van der Waals surface area contributed by atoms with Gasteiger partial charge in [-0.25, -0.2) is 9.78 Å². The summed E-state index contributed by atoms with van der Waals surface area (Å²) in [6, 6.07) is 0. The molecule has 1 aromatic heterocycles. The van der Waals surface area contributed by atoms with Crippen LogP contribution in [0.2, 0.25) is 0 Å². The van der Waals surface area contributed by atoms with E-state index in [9.17, 15) is 4.79 Å². The van der Waals surface area contributed by atoms with Crippen molar-refractivity contribution in [2.75, 3.05) is 32.7 Å². The third-order valence-electron chi connectivity index (χ3n) is 2.90. The molecule has 94 valence electrons. The Hall–Kier alpha value is -0.980. The van der Waals surface area contributed by atoms with Crippen molar-refractivity contribution in [1.82, 2.24) is 15.2 Å². The van der Waals surface area contributed by atoms with E-state index in [-0.39, 0.29) is 5.69 Å². The van der Waals surface area contributed by atoms with Crippen LogP contribution in [0.25, 0.3) is 0 Å². The van der Waals surface area contributed by atoms with E-state index in [1.165, 1.54) is 11.3 Å². The molecule has 1 atom stereocenters. The van der Waals surface area contributed by atoms with Crippen molar-refractivity contribution in [3.05, 3.63) is 16.1 Å².